The summed E-state index contributed by atoms with van der Waals surface area (Å²) in [4.78, 5) is 30.5. The van der Waals surface area contributed by atoms with E-state index in [9.17, 15) is 14.7 Å². The van der Waals surface area contributed by atoms with Gasteiger partial charge in [0.05, 0.1) is 16.5 Å². The van der Waals surface area contributed by atoms with E-state index < -0.39 is 11.5 Å². The second-order valence-corrected chi connectivity index (χ2v) is 5.63. The minimum atomic E-state index is -1.02. The van der Waals surface area contributed by atoms with Gasteiger partial charge in [-0.2, -0.15) is 0 Å². The molecule has 1 unspecified atom stereocenters. The summed E-state index contributed by atoms with van der Waals surface area (Å²) in [5, 5.41) is 13.1. The Bertz CT molecular complexity index is 719. The first kappa shape index (κ1) is 15.2. The highest BCUT2D eigenvalue weighted by Crippen LogP contribution is 2.14. The van der Waals surface area contributed by atoms with Gasteiger partial charge in [-0.25, -0.2) is 4.98 Å². The predicted octanol–water partition coefficient (Wildman–Crippen LogP) is 1.06. The van der Waals surface area contributed by atoms with Gasteiger partial charge in [0.15, 0.2) is 5.82 Å². The van der Waals surface area contributed by atoms with Crippen molar-refractivity contribution in [1.82, 2.24) is 15.3 Å². The topological polar surface area (TPSA) is 95.1 Å². The van der Waals surface area contributed by atoms with Crippen molar-refractivity contribution in [2.45, 2.75) is 26.4 Å². The predicted molar refractivity (Wildman–Crippen MR) is 80.2 cm³/mol. The van der Waals surface area contributed by atoms with Gasteiger partial charge in [-0.1, -0.05) is 26.0 Å². The summed E-state index contributed by atoms with van der Waals surface area (Å²) >= 11 is 0. The number of aromatic amines is 1. The van der Waals surface area contributed by atoms with Crippen molar-refractivity contribution >= 4 is 16.8 Å². The van der Waals surface area contributed by atoms with E-state index in [-0.39, 0.29) is 23.8 Å². The van der Waals surface area contributed by atoms with E-state index in [1.165, 1.54) is 0 Å². The van der Waals surface area contributed by atoms with Crippen molar-refractivity contribution < 1.29 is 9.90 Å². The van der Waals surface area contributed by atoms with Gasteiger partial charge in [-0.05, 0) is 25.0 Å². The Labute approximate surface area is 122 Å². The van der Waals surface area contributed by atoms with Gasteiger partial charge in [-0.3, -0.25) is 9.59 Å². The molecule has 0 aliphatic rings. The highest BCUT2D eigenvalue weighted by Gasteiger charge is 2.26. The van der Waals surface area contributed by atoms with E-state index in [2.05, 4.69) is 15.3 Å². The van der Waals surface area contributed by atoms with Crippen LogP contribution in [0, 0.1) is 5.92 Å². The summed E-state index contributed by atoms with van der Waals surface area (Å²) in [7, 11) is 0. The van der Waals surface area contributed by atoms with Crippen molar-refractivity contribution in [2.24, 2.45) is 5.92 Å². The SMILES string of the molecule is CC(C)C(C)(O)CNC(=O)c1nc2ccccc2c(=O)[nH]1. The molecular formula is C15H19N3O3. The quantitative estimate of drug-likeness (QED) is 0.784. The summed E-state index contributed by atoms with van der Waals surface area (Å²) in [5.74, 6) is -0.585. The number of fused-ring (bicyclic) bond motifs is 1. The van der Waals surface area contributed by atoms with Gasteiger partial charge >= 0.3 is 0 Å². The lowest BCUT2D eigenvalue weighted by Crippen LogP contribution is -2.44. The molecule has 2 rings (SSSR count). The maximum Gasteiger partial charge on any atom is 0.287 e. The highest BCUT2D eigenvalue weighted by atomic mass is 16.3. The molecule has 0 saturated heterocycles. The molecule has 3 N–H and O–H groups in total. The zero-order valence-corrected chi connectivity index (χ0v) is 12.3. The maximum absolute atomic E-state index is 12.1. The molecule has 1 heterocycles. The van der Waals surface area contributed by atoms with Crippen molar-refractivity contribution in [3.63, 3.8) is 0 Å². The van der Waals surface area contributed by atoms with Gasteiger partial charge in [0.25, 0.3) is 11.5 Å². The number of carbonyl (C=O) groups excluding carboxylic acids is 1. The Morgan fingerprint density at radius 3 is 2.76 bits per heavy atom. The number of nitrogens with zero attached hydrogens (tertiary/aromatic N) is 1. The van der Waals surface area contributed by atoms with Crippen molar-refractivity contribution in [3.05, 3.63) is 40.4 Å². The number of amides is 1. The number of aliphatic hydroxyl groups is 1. The van der Waals surface area contributed by atoms with Crippen LogP contribution in [0.1, 0.15) is 31.4 Å². The molecule has 1 aromatic carbocycles. The van der Waals surface area contributed by atoms with E-state index in [0.29, 0.717) is 10.9 Å². The van der Waals surface area contributed by atoms with Crippen LogP contribution in [-0.2, 0) is 0 Å². The normalized spacial score (nSPS) is 14.1. The van der Waals surface area contributed by atoms with Crippen LogP contribution >= 0.6 is 0 Å². The monoisotopic (exact) mass is 289 g/mol. The second-order valence-electron chi connectivity index (χ2n) is 5.63. The lowest BCUT2D eigenvalue weighted by atomic mass is 9.92. The first-order valence-corrected chi connectivity index (χ1v) is 6.81. The standard InChI is InChI=1S/C15H19N3O3/c1-9(2)15(3,21)8-16-14(20)12-17-11-7-5-4-6-10(11)13(19)18-12/h4-7,9,21H,8H2,1-3H3,(H,16,20)(H,17,18,19). The Kier molecular flexibility index (Phi) is 4.09. The van der Waals surface area contributed by atoms with Crippen LogP contribution < -0.4 is 10.9 Å². The van der Waals surface area contributed by atoms with E-state index in [4.69, 9.17) is 0 Å². The average molecular weight is 289 g/mol. The number of H-pyrrole nitrogens is 1. The number of hydrogen-bond acceptors (Lipinski definition) is 4. The maximum atomic E-state index is 12.1. The minimum Gasteiger partial charge on any atom is -0.388 e. The van der Waals surface area contributed by atoms with Gasteiger partial charge in [0.2, 0.25) is 0 Å². The van der Waals surface area contributed by atoms with Crippen molar-refractivity contribution in [1.29, 1.82) is 0 Å². The molecule has 1 atom stereocenters. The highest BCUT2D eigenvalue weighted by molar-refractivity contribution is 5.92. The molecule has 6 nitrogen and oxygen atoms in total. The average Bonchev–Trinajstić information content (AvgIpc) is 2.44. The van der Waals surface area contributed by atoms with Gasteiger partial charge < -0.3 is 15.4 Å². The fourth-order valence-electron chi connectivity index (χ4n) is 1.74. The Balaban J connectivity index is 2.23. The van der Waals surface area contributed by atoms with Gasteiger partial charge in [0, 0.05) is 6.54 Å². The lowest BCUT2D eigenvalue weighted by molar-refractivity contribution is 0.0141. The molecule has 6 heteroatoms. The summed E-state index contributed by atoms with van der Waals surface area (Å²) in [5.41, 5.74) is -0.921. The minimum absolute atomic E-state index is 0.0126. The number of hydrogen-bond donors (Lipinski definition) is 3. The van der Waals surface area contributed by atoms with E-state index in [1.54, 1.807) is 31.2 Å². The second kappa shape index (κ2) is 5.65. The molecule has 0 bridgehead atoms. The first-order valence-electron chi connectivity index (χ1n) is 6.81. The molecule has 0 aliphatic carbocycles. The summed E-state index contributed by atoms with van der Waals surface area (Å²) < 4.78 is 0. The number of aromatic nitrogens is 2. The van der Waals surface area contributed by atoms with Crippen LogP contribution in [0.5, 0.6) is 0 Å². The molecule has 1 amide bonds. The number of carbonyl (C=O) groups is 1. The Morgan fingerprint density at radius 2 is 2.10 bits per heavy atom. The summed E-state index contributed by atoms with van der Waals surface area (Å²) in [6, 6.07) is 6.80. The lowest BCUT2D eigenvalue weighted by Gasteiger charge is -2.27. The van der Waals surface area contributed by atoms with E-state index in [1.807, 2.05) is 13.8 Å². The molecule has 21 heavy (non-hydrogen) atoms. The Morgan fingerprint density at radius 1 is 1.43 bits per heavy atom. The fourth-order valence-corrected chi connectivity index (χ4v) is 1.74. The summed E-state index contributed by atoms with van der Waals surface area (Å²) in [6.45, 7) is 5.46. The van der Waals surface area contributed by atoms with Crippen LogP contribution in [0.2, 0.25) is 0 Å². The molecule has 0 fully saturated rings. The van der Waals surface area contributed by atoms with Gasteiger partial charge in [0.1, 0.15) is 0 Å². The fraction of sp³-hybridized carbons (Fsp3) is 0.400. The zero-order chi connectivity index (χ0) is 15.6. The molecular weight excluding hydrogens is 270 g/mol. The zero-order valence-electron chi connectivity index (χ0n) is 12.3. The number of benzene rings is 1. The van der Waals surface area contributed by atoms with Crippen LogP contribution in [0.3, 0.4) is 0 Å². The molecule has 2 aromatic rings. The van der Waals surface area contributed by atoms with Crippen LogP contribution in [-0.4, -0.2) is 33.1 Å². The van der Waals surface area contributed by atoms with E-state index in [0.717, 1.165) is 0 Å². The molecule has 0 saturated carbocycles. The number of para-hydroxylation sites is 1. The van der Waals surface area contributed by atoms with Crippen LogP contribution in [0.15, 0.2) is 29.1 Å². The third-order valence-corrected chi connectivity index (χ3v) is 3.68. The van der Waals surface area contributed by atoms with E-state index >= 15 is 0 Å². The third kappa shape index (κ3) is 3.28. The molecule has 0 radical (unpaired) electrons. The van der Waals surface area contributed by atoms with Crippen LogP contribution in [0.4, 0.5) is 0 Å². The molecule has 1 aromatic heterocycles. The third-order valence-electron chi connectivity index (χ3n) is 3.68. The summed E-state index contributed by atoms with van der Waals surface area (Å²) in [6.07, 6.45) is 0. The van der Waals surface area contributed by atoms with Crippen molar-refractivity contribution in [3.8, 4) is 0 Å². The first-order chi connectivity index (χ1) is 9.81. The number of nitrogens with one attached hydrogen (secondary N) is 2. The molecule has 112 valence electrons. The van der Waals surface area contributed by atoms with Gasteiger partial charge in [-0.15, -0.1) is 0 Å². The molecule has 0 spiro atoms. The van der Waals surface area contributed by atoms with Crippen LogP contribution in [0.25, 0.3) is 10.9 Å². The smallest absolute Gasteiger partial charge is 0.287 e. The number of rotatable bonds is 4. The Hall–Kier alpha value is -2.21. The largest absolute Gasteiger partial charge is 0.388 e. The van der Waals surface area contributed by atoms with Crippen molar-refractivity contribution in [2.75, 3.05) is 6.54 Å². The molecule has 0 aliphatic heterocycles.